The van der Waals surface area contributed by atoms with Crippen molar-refractivity contribution in [1.82, 2.24) is 4.98 Å². The number of hydrogen-bond acceptors (Lipinski definition) is 6. The Morgan fingerprint density at radius 2 is 2.12 bits per heavy atom. The van der Waals surface area contributed by atoms with Crippen molar-refractivity contribution in [3.05, 3.63) is 67.6 Å². The summed E-state index contributed by atoms with van der Waals surface area (Å²) in [6.07, 6.45) is 0. The second-order valence-electron chi connectivity index (χ2n) is 5.12. The van der Waals surface area contributed by atoms with Gasteiger partial charge < -0.3 is 9.40 Å². The van der Waals surface area contributed by atoms with E-state index in [1.54, 1.807) is 13.0 Å². The number of nitrogens with zero attached hydrogens (tertiary/aromatic N) is 2. The number of rotatable bonds is 2. The first-order valence-corrected chi connectivity index (χ1v) is 6.82. The molecule has 8 heteroatoms. The lowest BCUT2D eigenvalue weighted by molar-refractivity contribution is -0.384. The number of hydrogen-bond donors (Lipinski definition) is 2. The summed E-state index contributed by atoms with van der Waals surface area (Å²) < 4.78 is 5.28. The van der Waals surface area contributed by atoms with Crippen molar-refractivity contribution in [2.75, 3.05) is 0 Å². The number of nitriles is 1. The van der Waals surface area contributed by atoms with Crippen LogP contribution < -0.4 is 11.1 Å². The molecule has 0 aliphatic carbocycles. The van der Waals surface area contributed by atoms with E-state index < -0.39 is 16.0 Å². The van der Waals surface area contributed by atoms with Crippen LogP contribution in [0, 0.1) is 33.8 Å². The van der Waals surface area contributed by atoms with Gasteiger partial charge in [-0.2, -0.15) is 5.26 Å². The summed E-state index contributed by atoms with van der Waals surface area (Å²) in [7, 11) is 0. The van der Waals surface area contributed by atoms with Crippen molar-refractivity contribution >= 4 is 16.7 Å². The molecule has 0 bridgehead atoms. The molecule has 118 valence electrons. The average Bonchev–Trinajstić information content (AvgIpc) is 2.53. The number of nitro benzene ring substituents is 1. The van der Waals surface area contributed by atoms with Crippen LogP contribution in [0.3, 0.4) is 0 Å². The molecule has 24 heavy (non-hydrogen) atoms. The highest BCUT2D eigenvalue weighted by molar-refractivity contribution is 5.95. The van der Waals surface area contributed by atoms with Crippen LogP contribution in [0.4, 0.5) is 5.69 Å². The molecular weight excluding hydrogens is 312 g/mol. The summed E-state index contributed by atoms with van der Waals surface area (Å²) in [6, 6.07) is 8.94. The number of nitrogens with one attached hydrogen (secondary N) is 2. The smallest absolute Gasteiger partial charge is 0.270 e. The number of non-ortho nitro benzene ring substituents is 1. The van der Waals surface area contributed by atoms with Crippen LogP contribution in [0.15, 0.2) is 39.5 Å². The summed E-state index contributed by atoms with van der Waals surface area (Å²) in [6.45, 7) is 1.66. The van der Waals surface area contributed by atoms with Gasteiger partial charge in [-0.3, -0.25) is 20.3 Å². The van der Waals surface area contributed by atoms with Gasteiger partial charge in [0.05, 0.1) is 10.3 Å². The van der Waals surface area contributed by atoms with E-state index in [1.165, 1.54) is 24.3 Å². The predicted molar refractivity (Wildman–Crippen MR) is 84.2 cm³/mol. The minimum Gasteiger partial charge on any atom is -0.437 e. The fraction of sp³-hybridized carbons (Fsp3) is 0.0625. The zero-order valence-corrected chi connectivity index (χ0v) is 12.4. The van der Waals surface area contributed by atoms with E-state index in [0.29, 0.717) is 11.3 Å². The number of H-pyrrole nitrogens is 1. The van der Waals surface area contributed by atoms with Crippen molar-refractivity contribution in [1.29, 1.82) is 10.7 Å². The highest BCUT2D eigenvalue weighted by Crippen LogP contribution is 2.30. The number of nitro groups is 1. The molecule has 2 N–H and O–H groups in total. The summed E-state index contributed by atoms with van der Waals surface area (Å²) in [5.74, 6) is 0. The summed E-state index contributed by atoms with van der Waals surface area (Å²) in [5.41, 5.74) is -0.119. The van der Waals surface area contributed by atoms with Crippen molar-refractivity contribution < 1.29 is 9.34 Å². The third-order valence-corrected chi connectivity index (χ3v) is 3.53. The van der Waals surface area contributed by atoms with E-state index in [1.807, 2.05) is 6.07 Å². The molecule has 2 heterocycles. The quantitative estimate of drug-likeness (QED) is 0.551. The van der Waals surface area contributed by atoms with Crippen molar-refractivity contribution in [2.24, 2.45) is 0 Å². The van der Waals surface area contributed by atoms with Crippen LogP contribution in [0.2, 0.25) is 0 Å². The Bertz CT molecular complexity index is 1150. The van der Waals surface area contributed by atoms with E-state index in [-0.39, 0.29) is 27.8 Å². The number of aryl methyl sites for hydroxylation is 1. The molecule has 8 nitrogen and oxygen atoms in total. The lowest BCUT2D eigenvalue weighted by Gasteiger charge is -2.08. The van der Waals surface area contributed by atoms with Gasteiger partial charge in [0.1, 0.15) is 17.2 Å². The van der Waals surface area contributed by atoms with Gasteiger partial charge in [0.25, 0.3) is 11.2 Å². The highest BCUT2D eigenvalue weighted by atomic mass is 16.6. The maximum Gasteiger partial charge on any atom is 0.270 e. The number of aromatic nitrogens is 1. The molecule has 0 fully saturated rings. The molecule has 3 rings (SSSR count). The van der Waals surface area contributed by atoms with E-state index in [4.69, 9.17) is 9.83 Å². The Balaban J connectivity index is 2.53. The molecule has 0 saturated heterocycles. The molecule has 0 saturated carbocycles. The largest absolute Gasteiger partial charge is 0.437 e. The third kappa shape index (κ3) is 2.34. The summed E-state index contributed by atoms with van der Waals surface area (Å²) in [4.78, 5) is 25.4. The van der Waals surface area contributed by atoms with Gasteiger partial charge >= 0.3 is 0 Å². The Kier molecular flexibility index (Phi) is 3.46. The van der Waals surface area contributed by atoms with Crippen LogP contribution in [0.5, 0.6) is 0 Å². The minimum absolute atomic E-state index is 0.0775. The Labute approximate surface area is 134 Å². The molecule has 0 aliphatic heterocycles. The standard InChI is InChI=1S/C16H10N4O4/c1-8-5-12-14(16(21)19-8)13(11(7-17)15(18)24-12)9-3-2-4-10(6-9)20(22)23/h2-6,18H,1H3,(H,19,21). The lowest BCUT2D eigenvalue weighted by atomic mass is 9.97. The monoisotopic (exact) mass is 322 g/mol. The summed E-state index contributed by atoms with van der Waals surface area (Å²) >= 11 is 0. The van der Waals surface area contributed by atoms with Gasteiger partial charge in [0, 0.05) is 29.5 Å². The second kappa shape index (κ2) is 5.48. The number of benzene rings is 1. The van der Waals surface area contributed by atoms with Gasteiger partial charge in [-0.05, 0) is 12.5 Å². The number of fused-ring (bicyclic) bond motifs is 1. The zero-order chi connectivity index (χ0) is 17.4. The van der Waals surface area contributed by atoms with E-state index in [0.717, 1.165) is 0 Å². The van der Waals surface area contributed by atoms with E-state index >= 15 is 0 Å². The molecule has 0 radical (unpaired) electrons. The van der Waals surface area contributed by atoms with Crippen LogP contribution >= 0.6 is 0 Å². The molecule has 2 aromatic heterocycles. The van der Waals surface area contributed by atoms with Crippen LogP contribution in [-0.4, -0.2) is 9.91 Å². The van der Waals surface area contributed by atoms with E-state index in [9.17, 15) is 20.2 Å². The SMILES string of the molecule is Cc1cc2oc(=N)c(C#N)c(-c3cccc([N+](=O)[O-])c3)c2c(=O)[nH]1. The van der Waals surface area contributed by atoms with Gasteiger partial charge in [-0.15, -0.1) is 0 Å². The first-order chi connectivity index (χ1) is 11.4. The molecule has 0 amide bonds. The topological polar surface area (TPSA) is 137 Å². The Hall–Kier alpha value is -3.73. The van der Waals surface area contributed by atoms with Gasteiger partial charge in [0.15, 0.2) is 0 Å². The molecule has 0 aliphatic rings. The Morgan fingerprint density at radius 1 is 1.38 bits per heavy atom. The fourth-order valence-electron chi connectivity index (χ4n) is 2.55. The second-order valence-corrected chi connectivity index (χ2v) is 5.12. The summed E-state index contributed by atoms with van der Waals surface area (Å²) in [5, 5.41) is 28.3. The molecular formula is C16H10N4O4. The highest BCUT2D eigenvalue weighted by Gasteiger charge is 2.19. The normalized spacial score (nSPS) is 10.5. The molecule has 0 atom stereocenters. The Morgan fingerprint density at radius 3 is 2.79 bits per heavy atom. The van der Waals surface area contributed by atoms with Gasteiger partial charge in [0.2, 0.25) is 5.55 Å². The molecule has 0 spiro atoms. The maximum absolute atomic E-state index is 12.4. The molecule has 0 unspecified atom stereocenters. The van der Waals surface area contributed by atoms with Crippen molar-refractivity contribution in [2.45, 2.75) is 6.92 Å². The van der Waals surface area contributed by atoms with Crippen LogP contribution in [0.25, 0.3) is 22.1 Å². The van der Waals surface area contributed by atoms with Crippen molar-refractivity contribution in [3.63, 3.8) is 0 Å². The minimum atomic E-state index is -0.568. The van der Waals surface area contributed by atoms with Crippen LogP contribution in [-0.2, 0) is 0 Å². The number of pyridine rings is 1. The first kappa shape index (κ1) is 15.2. The predicted octanol–water partition coefficient (Wildman–Crippen LogP) is 2.36. The van der Waals surface area contributed by atoms with Gasteiger partial charge in [-0.1, -0.05) is 12.1 Å². The zero-order valence-electron chi connectivity index (χ0n) is 12.4. The lowest BCUT2D eigenvalue weighted by Crippen LogP contribution is -2.15. The average molecular weight is 322 g/mol. The van der Waals surface area contributed by atoms with Crippen LogP contribution in [0.1, 0.15) is 11.3 Å². The molecule has 1 aromatic carbocycles. The van der Waals surface area contributed by atoms with E-state index in [2.05, 4.69) is 4.98 Å². The molecule has 3 aromatic rings. The number of aromatic amines is 1. The third-order valence-electron chi connectivity index (χ3n) is 3.53. The maximum atomic E-state index is 12.4. The fourth-order valence-corrected chi connectivity index (χ4v) is 2.55. The van der Waals surface area contributed by atoms with Gasteiger partial charge in [-0.25, -0.2) is 0 Å². The first-order valence-electron chi connectivity index (χ1n) is 6.82. The van der Waals surface area contributed by atoms with Crippen molar-refractivity contribution in [3.8, 4) is 17.2 Å².